The lowest BCUT2D eigenvalue weighted by atomic mass is 10.7. The Bertz CT molecular complexity index is 106. The molecule has 0 aromatic heterocycles. The highest BCUT2D eigenvalue weighted by molar-refractivity contribution is 5.68. The summed E-state index contributed by atoms with van der Waals surface area (Å²) in [5, 5.41) is 2.46. The molecule has 1 aliphatic rings. The van der Waals surface area contributed by atoms with Gasteiger partial charge in [0.15, 0.2) is 0 Å². The Hall–Kier alpha value is -1.03. The van der Waals surface area contributed by atoms with E-state index in [0.717, 1.165) is 0 Å². The first kappa shape index (κ1) is 8.97. The van der Waals surface area contributed by atoms with Crippen LogP contribution in [0.4, 0.5) is 4.79 Å². The second-order valence-corrected chi connectivity index (χ2v) is 1.59. The number of nitrogens with two attached hydrogens (primary N) is 1. The Morgan fingerprint density at radius 1 is 1.90 bits per heavy atom. The third-order valence-corrected chi connectivity index (χ3v) is 0.771. The summed E-state index contributed by atoms with van der Waals surface area (Å²) in [5.41, 5.74) is 4.91. The van der Waals surface area contributed by atoms with Crippen LogP contribution in [0.25, 0.3) is 0 Å². The lowest BCUT2D eigenvalue weighted by Crippen LogP contribution is -2.11. The van der Waals surface area contributed by atoms with E-state index < -0.39 is 0 Å². The smallest absolute Gasteiger partial charge is 0.407 e. The first-order valence-corrected chi connectivity index (χ1v) is 3.03. The Balaban J connectivity index is 0.000000180. The van der Waals surface area contributed by atoms with Crippen molar-refractivity contribution < 1.29 is 9.53 Å². The zero-order valence-corrected chi connectivity index (χ0v) is 5.80. The van der Waals surface area contributed by atoms with Gasteiger partial charge in [0.2, 0.25) is 0 Å². The van der Waals surface area contributed by atoms with Gasteiger partial charge < -0.3 is 15.8 Å². The Morgan fingerprint density at radius 2 is 2.50 bits per heavy atom. The molecular formula is C6H12N2O2. The monoisotopic (exact) mass is 144 g/mol. The lowest BCUT2D eigenvalue weighted by molar-refractivity contribution is 0.178. The standard InChI is InChI=1S/C3H5NO2.C3H7N/c5-3-4-1-2-6-3;1-2-3-4/h1-2H2,(H,4,5);2H,1,3-4H2. The molecule has 0 aromatic carbocycles. The van der Waals surface area contributed by atoms with Crippen LogP contribution in [0.3, 0.4) is 0 Å². The Labute approximate surface area is 60.0 Å². The van der Waals surface area contributed by atoms with Crippen LogP contribution in [-0.2, 0) is 4.74 Å². The van der Waals surface area contributed by atoms with E-state index in [1.54, 1.807) is 6.08 Å². The zero-order valence-electron chi connectivity index (χ0n) is 5.80. The summed E-state index contributed by atoms with van der Waals surface area (Å²) < 4.78 is 4.40. The van der Waals surface area contributed by atoms with Crippen LogP contribution in [0.2, 0.25) is 0 Å². The molecule has 0 unspecified atom stereocenters. The molecule has 1 fully saturated rings. The highest BCUT2D eigenvalue weighted by Gasteiger charge is 2.06. The fourth-order valence-electron chi connectivity index (χ4n) is 0.348. The van der Waals surface area contributed by atoms with Crippen molar-refractivity contribution in [1.82, 2.24) is 5.32 Å². The van der Waals surface area contributed by atoms with Crippen LogP contribution in [-0.4, -0.2) is 25.8 Å². The van der Waals surface area contributed by atoms with Crippen LogP contribution in [0.5, 0.6) is 0 Å². The van der Waals surface area contributed by atoms with Gasteiger partial charge in [0.05, 0.1) is 6.54 Å². The third kappa shape index (κ3) is 5.11. The average Bonchev–Trinajstić information content (AvgIpc) is 2.40. The first-order valence-electron chi connectivity index (χ1n) is 3.03. The Morgan fingerprint density at radius 3 is 2.60 bits per heavy atom. The molecule has 1 amide bonds. The second kappa shape index (κ2) is 6.10. The van der Waals surface area contributed by atoms with Gasteiger partial charge in [0, 0.05) is 6.54 Å². The number of nitrogens with one attached hydrogen (secondary N) is 1. The molecular weight excluding hydrogens is 132 g/mol. The molecule has 0 spiro atoms. The normalized spacial score (nSPS) is 14.3. The Kier molecular flexibility index (Phi) is 5.47. The maximum atomic E-state index is 9.91. The van der Waals surface area contributed by atoms with E-state index in [1.807, 2.05) is 0 Å². The maximum Gasteiger partial charge on any atom is 0.407 e. The quantitative estimate of drug-likeness (QED) is 0.503. The first-order chi connectivity index (χ1) is 4.81. The fourth-order valence-corrected chi connectivity index (χ4v) is 0.348. The highest BCUT2D eigenvalue weighted by Crippen LogP contribution is 1.82. The molecule has 3 N–H and O–H groups in total. The number of carbonyl (C=O) groups excluding carboxylic acids is 1. The van der Waals surface area contributed by atoms with Crippen molar-refractivity contribution in [3.8, 4) is 0 Å². The van der Waals surface area contributed by atoms with Gasteiger partial charge in [-0.3, -0.25) is 0 Å². The summed E-state index contributed by atoms with van der Waals surface area (Å²) >= 11 is 0. The second-order valence-electron chi connectivity index (χ2n) is 1.59. The number of alkyl carbamates (subject to hydrolysis) is 1. The van der Waals surface area contributed by atoms with Crippen molar-refractivity contribution >= 4 is 6.09 Å². The minimum atomic E-state index is -0.296. The summed E-state index contributed by atoms with van der Waals surface area (Å²) in [5.74, 6) is 0. The fraction of sp³-hybridized carbons (Fsp3) is 0.500. The largest absolute Gasteiger partial charge is 0.448 e. The minimum Gasteiger partial charge on any atom is -0.448 e. The summed E-state index contributed by atoms with van der Waals surface area (Å²) in [4.78, 5) is 9.91. The number of rotatable bonds is 1. The molecule has 10 heavy (non-hydrogen) atoms. The third-order valence-electron chi connectivity index (χ3n) is 0.771. The van der Waals surface area contributed by atoms with Crippen LogP contribution in [0.1, 0.15) is 0 Å². The number of cyclic esters (lactones) is 1. The van der Waals surface area contributed by atoms with Crippen LogP contribution >= 0.6 is 0 Å². The van der Waals surface area contributed by atoms with Gasteiger partial charge in [-0.15, -0.1) is 6.58 Å². The summed E-state index contributed by atoms with van der Waals surface area (Å²) in [6, 6.07) is 0. The van der Waals surface area contributed by atoms with Gasteiger partial charge in [-0.1, -0.05) is 6.08 Å². The highest BCUT2D eigenvalue weighted by atomic mass is 16.6. The molecule has 0 aliphatic carbocycles. The summed E-state index contributed by atoms with van der Waals surface area (Å²) in [6.07, 6.45) is 1.36. The lowest BCUT2D eigenvalue weighted by Gasteiger charge is -1.80. The molecule has 0 bridgehead atoms. The molecule has 1 aliphatic heterocycles. The van der Waals surface area contributed by atoms with Gasteiger partial charge >= 0.3 is 6.09 Å². The molecule has 1 saturated heterocycles. The van der Waals surface area contributed by atoms with E-state index >= 15 is 0 Å². The van der Waals surface area contributed by atoms with Crippen LogP contribution in [0, 0.1) is 0 Å². The van der Waals surface area contributed by atoms with Crippen molar-refractivity contribution in [1.29, 1.82) is 0 Å². The van der Waals surface area contributed by atoms with E-state index in [0.29, 0.717) is 19.7 Å². The van der Waals surface area contributed by atoms with E-state index in [9.17, 15) is 4.79 Å². The number of hydrogen-bond acceptors (Lipinski definition) is 3. The van der Waals surface area contributed by atoms with Gasteiger partial charge in [-0.2, -0.15) is 0 Å². The number of amides is 1. The molecule has 4 heteroatoms. The number of hydrogen-bond donors (Lipinski definition) is 2. The summed E-state index contributed by atoms with van der Waals surface area (Å²) in [6.45, 7) is 5.13. The predicted molar refractivity (Wildman–Crippen MR) is 38.6 cm³/mol. The van der Waals surface area contributed by atoms with E-state index in [4.69, 9.17) is 5.73 Å². The molecule has 1 rings (SSSR count). The van der Waals surface area contributed by atoms with Gasteiger partial charge in [0.1, 0.15) is 6.61 Å². The van der Waals surface area contributed by atoms with Crippen molar-refractivity contribution in [2.24, 2.45) is 5.73 Å². The van der Waals surface area contributed by atoms with Crippen LogP contribution < -0.4 is 11.1 Å². The molecule has 0 aromatic rings. The average molecular weight is 144 g/mol. The summed E-state index contributed by atoms with van der Waals surface area (Å²) in [7, 11) is 0. The number of ether oxygens (including phenoxy) is 1. The van der Waals surface area contributed by atoms with E-state index in [1.165, 1.54) is 0 Å². The van der Waals surface area contributed by atoms with Crippen molar-refractivity contribution in [3.63, 3.8) is 0 Å². The topological polar surface area (TPSA) is 64.4 Å². The maximum absolute atomic E-state index is 9.91. The molecule has 0 atom stereocenters. The predicted octanol–water partition coefficient (Wildman–Crippen LogP) is -0.143. The van der Waals surface area contributed by atoms with Crippen LogP contribution in [0.15, 0.2) is 12.7 Å². The van der Waals surface area contributed by atoms with E-state index in [2.05, 4.69) is 16.6 Å². The molecule has 0 radical (unpaired) electrons. The SMILES string of the molecule is C=CCN.O=C1NCCO1. The van der Waals surface area contributed by atoms with Crippen molar-refractivity contribution in [2.45, 2.75) is 0 Å². The molecule has 58 valence electrons. The van der Waals surface area contributed by atoms with Crippen molar-refractivity contribution in [3.05, 3.63) is 12.7 Å². The van der Waals surface area contributed by atoms with Gasteiger partial charge in [-0.05, 0) is 0 Å². The minimum absolute atomic E-state index is 0.296. The number of carbonyl (C=O) groups is 1. The van der Waals surface area contributed by atoms with Crippen molar-refractivity contribution in [2.75, 3.05) is 19.7 Å². The zero-order chi connectivity index (χ0) is 7.82. The van der Waals surface area contributed by atoms with Gasteiger partial charge in [-0.25, -0.2) is 4.79 Å². The molecule has 4 nitrogen and oxygen atoms in total. The molecule has 0 saturated carbocycles. The van der Waals surface area contributed by atoms with E-state index in [-0.39, 0.29) is 6.09 Å². The molecule has 1 heterocycles. The van der Waals surface area contributed by atoms with Gasteiger partial charge in [0.25, 0.3) is 0 Å².